The molecule has 0 radical (unpaired) electrons. The number of aliphatic carboxylic acids is 1. The minimum Gasteiger partial charge on any atom is -0.548 e. The van der Waals surface area contributed by atoms with Gasteiger partial charge in [-0.25, -0.2) is 0 Å². The van der Waals surface area contributed by atoms with Crippen LogP contribution >= 0.6 is 0 Å². The van der Waals surface area contributed by atoms with Crippen molar-refractivity contribution in [2.75, 3.05) is 0 Å². The van der Waals surface area contributed by atoms with Crippen molar-refractivity contribution >= 4 is 17.8 Å². The highest BCUT2D eigenvalue weighted by Gasteiger charge is 2.17. The summed E-state index contributed by atoms with van der Waals surface area (Å²) in [5, 5.41) is 15.4. The van der Waals surface area contributed by atoms with Gasteiger partial charge in [0.1, 0.15) is 5.70 Å². The Morgan fingerprint density at radius 3 is 2.14 bits per heavy atom. The second-order valence-electron chi connectivity index (χ2n) is 4.71. The Morgan fingerprint density at radius 1 is 1.10 bits per heavy atom. The van der Waals surface area contributed by atoms with Gasteiger partial charge in [0.15, 0.2) is 0 Å². The molecule has 1 atom stereocenters. The average molecular weight is 289 g/mol. The van der Waals surface area contributed by atoms with Crippen LogP contribution in [0, 0.1) is 0 Å². The summed E-state index contributed by atoms with van der Waals surface area (Å²) in [4.78, 5) is 34.7. The molecule has 0 unspecified atom stereocenters. The molecule has 0 saturated heterocycles. The molecule has 0 aromatic heterocycles. The van der Waals surface area contributed by atoms with Crippen LogP contribution in [0.15, 0.2) is 41.6 Å². The van der Waals surface area contributed by atoms with Gasteiger partial charge in [-0.1, -0.05) is 18.2 Å². The molecular formula is C15H17N2O4-. The Bertz CT molecular complexity index is 575. The normalized spacial score (nSPS) is 11.2. The van der Waals surface area contributed by atoms with Gasteiger partial charge in [-0.05, 0) is 38.5 Å². The molecule has 1 aromatic rings. The van der Waals surface area contributed by atoms with E-state index < -0.39 is 23.8 Å². The van der Waals surface area contributed by atoms with E-state index in [1.54, 1.807) is 44.2 Å². The van der Waals surface area contributed by atoms with Crippen LogP contribution in [0.5, 0.6) is 0 Å². The predicted molar refractivity (Wildman–Crippen MR) is 74.9 cm³/mol. The van der Waals surface area contributed by atoms with Crippen molar-refractivity contribution in [3.63, 3.8) is 0 Å². The predicted octanol–water partition coefficient (Wildman–Crippen LogP) is -0.0351. The van der Waals surface area contributed by atoms with Crippen molar-refractivity contribution in [1.82, 2.24) is 10.6 Å². The Morgan fingerprint density at radius 2 is 1.67 bits per heavy atom. The fourth-order valence-corrected chi connectivity index (χ4v) is 1.51. The molecule has 0 saturated carbocycles. The molecule has 0 aliphatic rings. The second kappa shape index (κ2) is 7.23. The first-order valence-corrected chi connectivity index (χ1v) is 6.38. The molecule has 0 fully saturated rings. The molecule has 2 N–H and O–H groups in total. The summed E-state index contributed by atoms with van der Waals surface area (Å²) in [6, 6.07) is 7.25. The number of allylic oxidation sites excluding steroid dienone is 1. The molecule has 6 heteroatoms. The Labute approximate surface area is 122 Å². The number of carbonyl (C=O) groups is 3. The monoisotopic (exact) mass is 289 g/mol. The number of benzene rings is 1. The highest BCUT2D eigenvalue weighted by Crippen LogP contribution is 2.04. The number of carboxylic acid groups (broad SMARTS) is 1. The number of carboxylic acids is 1. The highest BCUT2D eigenvalue weighted by atomic mass is 16.4. The van der Waals surface area contributed by atoms with Gasteiger partial charge in [0, 0.05) is 5.56 Å². The Kier molecular flexibility index (Phi) is 5.66. The van der Waals surface area contributed by atoms with E-state index in [9.17, 15) is 19.5 Å². The van der Waals surface area contributed by atoms with E-state index in [1.165, 1.54) is 6.92 Å². The molecular weight excluding hydrogens is 272 g/mol. The smallest absolute Gasteiger partial charge is 0.268 e. The van der Waals surface area contributed by atoms with Gasteiger partial charge in [0.2, 0.25) is 0 Å². The van der Waals surface area contributed by atoms with Gasteiger partial charge >= 0.3 is 0 Å². The molecule has 112 valence electrons. The number of hydrogen-bond donors (Lipinski definition) is 2. The summed E-state index contributed by atoms with van der Waals surface area (Å²) in [5.41, 5.74) is 0.983. The van der Waals surface area contributed by atoms with Crippen molar-refractivity contribution in [3.05, 3.63) is 47.2 Å². The molecule has 1 rings (SSSR count). The number of rotatable bonds is 5. The third-order valence-corrected chi connectivity index (χ3v) is 2.70. The third-order valence-electron chi connectivity index (χ3n) is 2.70. The van der Waals surface area contributed by atoms with E-state index >= 15 is 0 Å². The van der Waals surface area contributed by atoms with Crippen molar-refractivity contribution in [1.29, 1.82) is 0 Å². The van der Waals surface area contributed by atoms with Gasteiger partial charge < -0.3 is 20.5 Å². The summed E-state index contributed by atoms with van der Waals surface area (Å²) in [6.07, 6.45) is 0. The van der Waals surface area contributed by atoms with Gasteiger partial charge in [-0.3, -0.25) is 9.59 Å². The summed E-state index contributed by atoms with van der Waals surface area (Å²) in [6.45, 7) is 4.57. The molecule has 1 aromatic carbocycles. The quantitative estimate of drug-likeness (QED) is 0.743. The zero-order valence-electron chi connectivity index (χ0n) is 12.1. The standard InChI is InChI=1S/C15H18N2O4/c1-9(2)12(14(19)16-10(3)15(20)21)17-13(18)11-7-5-4-6-8-11/h4-8,10H,1-3H3,(H,16,19)(H,17,18)(H,20,21)/p-1/t10-/m0/s1. The summed E-state index contributed by atoms with van der Waals surface area (Å²) < 4.78 is 0. The van der Waals surface area contributed by atoms with Crippen molar-refractivity contribution < 1.29 is 19.5 Å². The lowest BCUT2D eigenvalue weighted by atomic mass is 10.2. The van der Waals surface area contributed by atoms with Crippen molar-refractivity contribution in [2.24, 2.45) is 0 Å². The van der Waals surface area contributed by atoms with E-state index in [-0.39, 0.29) is 5.70 Å². The molecule has 0 aliphatic carbocycles. The highest BCUT2D eigenvalue weighted by molar-refractivity contribution is 6.03. The summed E-state index contributed by atoms with van der Waals surface area (Å²) in [5.74, 6) is -2.51. The number of carbonyl (C=O) groups excluding carboxylic acids is 3. The first-order chi connectivity index (χ1) is 9.82. The van der Waals surface area contributed by atoms with Gasteiger partial charge in [-0.2, -0.15) is 0 Å². The van der Waals surface area contributed by atoms with E-state index in [0.29, 0.717) is 11.1 Å². The summed E-state index contributed by atoms with van der Waals surface area (Å²) in [7, 11) is 0. The van der Waals surface area contributed by atoms with Gasteiger partial charge in [0.05, 0.1) is 12.0 Å². The van der Waals surface area contributed by atoms with Crippen LogP contribution in [-0.2, 0) is 9.59 Å². The van der Waals surface area contributed by atoms with Crippen LogP contribution in [-0.4, -0.2) is 23.8 Å². The lowest BCUT2D eigenvalue weighted by Gasteiger charge is -2.17. The molecule has 0 heterocycles. The van der Waals surface area contributed by atoms with Gasteiger partial charge in [-0.15, -0.1) is 0 Å². The number of amides is 2. The molecule has 21 heavy (non-hydrogen) atoms. The SMILES string of the molecule is CC(C)=C(NC(=O)c1ccccc1)C(=O)N[C@@H](C)C(=O)[O-]. The van der Waals surface area contributed by atoms with E-state index in [0.717, 1.165) is 0 Å². The minimum atomic E-state index is -1.40. The maximum Gasteiger partial charge on any atom is 0.268 e. The number of nitrogens with one attached hydrogen (secondary N) is 2. The molecule has 2 amide bonds. The van der Waals surface area contributed by atoms with Crippen LogP contribution in [0.3, 0.4) is 0 Å². The van der Waals surface area contributed by atoms with Crippen LogP contribution < -0.4 is 15.7 Å². The Balaban J connectivity index is 2.85. The van der Waals surface area contributed by atoms with E-state index in [1.807, 2.05) is 0 Å². The third kappa shape index (κ3) is 4.76. The fourth-order valence-electron chi connectivity index (χ4n) is 1.51. The average Bonchev–Trinajstić information content (AvgIpc) is 2.44. The van der Waals surface area contributed by atoms with Crippen LogP contribution in [0.1, 0.15) is 31.1 Å². The summed E-state index contributed by atoms with van der Waals surface area (Å²) >= 11 is 0. The van der Waals surface area contributed by atoms with Crippen molar-refractivity contribution in [2.45, 2.75) is 26.8 Å². The van der Waals surface area contributed by atoms with Crippen LogP contribution in [0.2, 0.25) is 0 Å². The first kappa shape index (κ1) is 16.4. The topological polar surface area (TPSA) is 98.3 Å². The fraction of sp³-hybridized carbons (Fsp3) is 0.267. The molecule has 0 aliphatic heterocycles. The first-order valence-electron chi connectivity index (χ1n) is 6.38. The zero-order valence-corrected chi connectivity index (χ0v) is 12.1. The molecule has 0 spiro atoms. The van der Waals surface area contributed by atoms with Crippen LogP contribution in [0.25, 0.3) is 0 Å². The van der Waals surface area contributed by atoms with E-state index in [4.69, 9.17) is 0 Å². The lowest BCUT2D eigenvalue weighted by molar-refractivity contribution is -0.307. The van der Waals surface area contributed by atoms with Gasteiger partial charge in [0.25, 0.3) is 11.8 Å². The maximum atomic E-state index is 12.0. The minimum absolute atomic E-state index is 0.0250. The number of hydrogen-bond acceptors (Lipinski definition) is 4. The zero-order chi connectivity index (χ0) is 16.0. The van der Waals surface area contributed by atoms with Crippen LogP contribution in [0.4, 0.5) is 0 Å². The maximum absolute atomic E-state index is 12.0. The largest absolute Gasteiger partial charge is 0.548 e. The molecule has 0 bridgehead atoms. The van der Waals surface area contributed by atoms with Crippen molar-refractivity contribution in [3.8, 4) is 0 Å². The van der Waals surface area contributed by atoms with E-state index in [2.05, 4.69) is 10.6 Å². The molecule has 6 nitrogen and oxygen atoms in total. The lowest BCUT2D eigenvalue weighted by Crippen LogP contribution is -2.48. The Hall–Kier alpha value is -2.63. The second-order valence-corrected chi connectivity index (χ2v) is 4.71.